The summed E-state index contributed by atoms with van der Waals surface area (Å²) in [6.07, 6.45) is 1.76. The fourth-order valence-corrected chi connectivity index (χ4v) is 5.37. The predicted molar refractivity (Wildman–Crippen MR) is 154 cm³/mol. The molecule has 0 radical (unpaired) electrons. The van der Waals surface area contributed by atoms with Crippen LogP contribution in [0, 0.1) is 0 Å². The Kier molecular flexibility index (Phi) is 5.60. The fraction of sp³-hybridized carbons (Fsp3) is 0.0571. The molecule has 3 heteroatoms. The lowest BCUT2D eigenvalue weighted by Crippen LogP contribution is -2.13. The van der Waals surface area contributed by atoms with Crippen molar-refractivity contribution in [3.05, 3.63) is 139 Å². The number of hydrogen-bond acceptors (Lipinski definition) is 3. The molecule has 0 saturated heterocycles. The van der Waals surface area contributed by atoms with Gasteiger partial charge in [-0.1, -0.05) is 121 Å². The molecule has 1 aliphatic carbocycles. The lowest BCUT2D eigenvalue weighted by Gasteiger charge is -2.25. The molecule has 0 bridgehead atoms. The second kappa shape index (κ2) is 9.53. The van der Waals surface area contributed by atoms with Crippen LogP contribution in [0.5, 0.6) is 0 Å². The van der Waals surface area contributed by atoms with E-state index in [1.54, 1.807) is 0 Å². The van der Waals surface area contributed by atoms with Gasteiger partial charge in [0.25, 0.3) is 0 Å². The molecule has 3 nitrogen and oxygen atoms in total. The van der Waals surface area contributed by atoms with Crippen molar-refractivity contribution in [2.24, 2.45) is 0 Å². The standard InChI is InChI=1S/C35H25N3/c1-5-13-24(14-6-1)30-23-31(25-15-7-2-8-16-25)36-33-28(30)21-22-29-32(26-17-9-3-10-18-26)37-35(38-34(29)33)27-19-11-4-12-20-27/h1-20,23H,21-22H2. The van der Waals surface area contributed by atoms with Crippen LogP contribution in [0.25, 0.3) is 56.4 Å². The van der Waals surface area contributed by atoms with Gasteiger partial charge in [0.05, 0.1) is 22.8 Å². The molecule has 180 valence electrons. The second-order valence-electron chi connectivity index (χ2n) is 9.57. The molecule has 0 saturated carbocycles. The molecule has 6 aromatic rings. The molecule has 0 spiro atoms. The lowest BCUT2D eigenvalue weighted by atomic mass is 9.85. The Morgan fingerprint density at radius 1 is 0.395 bits per heavy atom. The van der Waals surface area contributed by atoms with Gasteiger partial charge in [0, 0.05) is 22.3 Å². The van der Waals surface area contributed by atoms with Gasteiger partial charge in [-0.05, 0) is 35.6 Å². The molecule has 0 N–H and O–H groups in total. The number of rotatable bonds is 4. The highest BCUT2D eigenvalue weighted by molar-refractivity contribution is 5.85. The van der Waals surface area contributed by atoms with Crippen LogP contribution in [0.2, 0.25) is 0 Å². The molecular weight excluding hydrogens is 462 g/mol. The van der Waals surface area contributed by atoms with Gasteiger partial charge in [-0.15, -0.1) is 0 Å². The SMILES string of the molecule is c1ccc(-c2cc(-c3ccccc3)c3c(n2)-c2nc(-c4ccccc4)nc(-c4ccccc4)c2CC3)cc1. The third-order valence-electron chi connectivity index (χ3n) is 7.21. The Morgan fingerprint density at radius 2 is 0.868 bits per heavy atom. The van der Waals surface area contributed by atoms with Crippen LogP contribution in [0.1, 0.15) is 11.1 Å². The summed E-state index contributed by atoms with van der Waals surface area (Å²) in [4.78, 5) is 15.6. The van der Waals surface area contributed by atoms with E-state index in [9.17, 15) is 0 Å². The second-order valence-corrected chi connectivity index (χ2v) is 9.57. The van der Waals surface area contributed by atoms with E-state index in [0.29, 0.717) is 0 Å². The maximum atomic E-state index is 5.29. The zero-order valence-electron chi connectivity index (χ0n) is 20.9. The van der Waals surface area contributed by atoms with E-state index in [4.69, 9.17) is 15.0 Å². The minimum Gasteiger partial charge on any atom is -0.246 e. The summed E-state index contributed by atoms with van der Waals surface area (Å²) in [6, 6.07) is 44.0. The average molecular weight is 488 g/mol. The molecule has 38 heavy (non-hydrogen) atoms. The fourth-order valence-electron chi connectivity index (χ4n) is 5.37. The highest BCUT2D eigenvalue weighted by atomic mass is 14.9. The summed E-state index contributed by atoms with van der Waals surface area (Å²) < 4.78 is 0. The Balaban J connectivity index is 1.54. The number of nitrogens with zero attached hydrogens (tertiary/aromatic N) is 3. The molecule has 2 aromatic heterocycles. The van der Waals surface area contributed by atoms with Gasteiger partial charge in [0.15, 0.2) is 5.82 Å². The summed E-state index contributed by atoms with van der Waals surface area (Å²) in [7, 11) is 0. The third kappa shape index (κ3) is 3.99. The Labute approximate surface area is 222 Å². The molecule has 0 aliphatic heterocycles. The van der Waals surface area contributed by atoms with E-state index < -0.39 is 0 Å². The van der Waals surface area contributed by atoms with Gasteiger partial charge < -0.3 is 0 Å². The van der Waals surface area contributed by atoms with Crippen molar-refractivity contribution in [1.29, 1.82) is 0 Å². The summed E-state index contributed by atoms with van der Waals surface area (Å²) in [5.41, 5.74) is 11.9. The summed E-state index contributed by atoms with van der Waals surface area (Å²) in [6.45, 7) is 0. The Morgan fingerprint density at radius 3 is 1.50 bits per heavy atom. The van der Waals surface area contributed by atoms with Crippen LogP contribution in [0.4, 0.5) is 0 Å². The summed E-state index contributed by atoms with van der Waals surface area (Å²) in [5, 5.41) is 0. The topological polar surface area (TPSA) is 38.7 Å². The van der Waals surface area contributed by atoms with E-state index in [1.807, 2.05) is 30.3 Å². The first kappa shape index (κ1) is 22.3. The van der Waals surface area contributed by atoms with Gasteiger partial charge in [0.1, 0.15) is 0 Å². The Bertz CT molecular complexity index is 1600. The molecule has 0 atom stereocenters. The quantitative estimate of drug-likeness (QED) is 0.251. The molecule has 0 unspecified atom stereocenters. The van der Waals surface area contributed by atoms with Crippen LogP contribution in [-0.4, -0.2) is 15.0 Å². The van der Waals surface area contributed by atoms with Gasteiger partial charge in [-0.3, -0.25) is 0 Å². The van der Waals surface area contributed by atoms with E-state index in [2.05, 4.69) is 97.1 Å². The minimum atomic E-state index is 0.726. The van der Waals surface area contributed by atoms with Crippen molar-refractivity contribution >= 4 is 0 Å². The van der Waals surface area contributed by atoms with Crippen LogP contribution in [-0.2, 0) is 12.8 Å². The van der Waals surface area contributed by atoms with Crippen molar-refractivity contribution in [3.8, 4) is 56.4 Å². The van der Waals surface area contributed by atoms with Crippen molar-refractivity contribution < 1.29 is 0 Å². The van der Waals surface area contributed by atoms with Crippen LogP contribution < -0.4 is 0 Å². The largest absolute Gasteiger partial charge is 0.246 e. The first-order valence-corrected chi connectivity index (χ1v) is 13.0. The van der Waals surface area contributed by atoms with E-state index in [0.717, 1.165) is 58.1 Å². The van der Waals surface area contributed by atoms with Crippen molar-refractivity contribution in [3.63, 3.8) is 0 Å². The van der Waals surface area contributed by atoms with Gasteiger partial charge in [-0.25, -0.2) is 15.0 Å². The highest BCUT2D eigenvalue weighted by Gasteiger charge is 2.27. The number of hydrogen-bond donors (Lipinski definition) is 0. The van der Waals surface area contributed by atoms with E-state index in [1.165, 1.54) is 22.3 Å². The zero-order valence-corrected chi connectivity index (χ0v) is 20.9. The van der Waals surface area contributed by atoms with Gasteiger partial charge in [-0.2, -0.15) is 0 Å². The number of benzene rings is 4. The maximum Gasteiger partial charge on any atom is 0.160 e. The number of pyridine rings is 1. The van der Waals surface area contributed by atoms with Gasteiger partial charge >= 0.3 is 0 Å². The van der Waals surface area contributed by atoms with E-state index in [-0.39, 0.29) is 0 Å². The number of aromatic nitrogens is 3. The lowest BCUT2D eigenvalue weighted by molar-refractivity contribution is 0.905. The van der Waals surface area contributed by atoms with Crippen molar-refractivity contribution in [1.82, 2.24) is 15.0 Å². The molecule has 0 amide bonds. The predicted octanol–water partition coefficient (Wildman–Crippen LogP) is 8.31. The molecule has 0 fully saturated rings. The third-order valence-corrected chi connectivity index (χ3v) is 7.21. The molecule has 1 aliphatic rings. The molecule has 2 heterocycles. The first-order valence-electron chi connectivity index (χ1n) is 13.0. The van der Waals surface area contributed by atoms with Crippen LogP contribution in [0.3, 0.4) is 0 Å². The molecule has 7 rings (SSSR count). The smallest absolute Gasteiger partial charge is 0.160 e. The molecule has 4 aromatic carbocycles. The minimum absolute atomic E-state index is 0.726. The Hall–Kier alpha value is -4.89. The van der Waals surface area contributed by atoms with E-state index >= 15 is 0 Å². The first-order chi connectivity index (χ1) is 18.8. The highest BCUT2D eigenvalue weighted by Crippen LogP contribution is 2.42. The monoisotopic (exact) mass is 487 g/mol. The van der Waals surface area contributed by atoms with Crippen LogP contribution >= 0.6 is 0 Å². The summed E-state index contributed by atoms with van der Waals surface area (Å²) in [5.74, 6) is 0.726. The van der Waals surface area contributed by atoms with Crippen LogP contribution in [0.15, 0.2) is 127 Å². The maximum absolute atomic E-state index is 5.29. The molecular formula is C35H25N3. The van der Waals surface area contributed by atoms with Crippen molar-refractivity contribution in [2.75, 3.05) is 0 Å². The number of fused-ring (bicyclic) bond motifs is 3. The normalized spacial score (nSPS) is 12.0. The van der Waals surface area contributed by atoms with Gasteiger partial charge in [0.2, 0.25) is 0 Å². The summed E-state index contributed by atoms with van der Waals surface area (Å²) >= 11 is 0. The zero-order chi connectivity index (χ0) is 25.3. The average Bonchev–Trinajstić information content (AvgIpc) is 3.01. The van der Waals surface area contributed by atoms with Crippen molar-refractivity contribution in [2.45, 2.75) is 12.8 Å².